The van der Waals surface area contributed by atoms with Gasteiger partial charge in [0, 0.05) is 37.7 Å². The highest BCUT2D eigenvalue weighted by Crippen LogP contribution is 2.27. The predicted octanol–water partition coefficient (Wildman–Crippen LogP) is 2.31. The van der Waals surface area contributed by atoms with E-state index in [4.69, 9.17) is 4.74 Å². The van der Waals surface area contributed by atoms with Crippen LogP contribution >= 0.6 is 0 Å². The summed E-state index contributed by atoms with van der Waals surface area (Å²) in [4.78, 5) is 28.5. The Morgan fingerprint density at radius 2 is 1.71 bits per heavy atom. The van der Waals surface area contributed by atoms with Crippen LogP contribution in [0.5, 0.6) is 5.75 Å². The first-order chi connectivity index (χ1) is 11.6. The molecule has 1 saturated heterocycles. The molecule has 0 atom stereocenters. The van der Waals surface area contributed by atoms with Crippen molar-refractivity contribution in [1.29, 1.82) is 0 Å². The molecule has 2 fully saturated rings. The van der Waals surface area contributed by atoms with E-state index in [0.717, 1.165) is 25.7 Å². The molecular formula is C18H23FN2O3. The fraction of sp³-hybridized carbons (Fsp3) is 0.556. The van der Waals surface area contributed by atoms with E-state index in [2.05, 4.69) is 0 Å². The van der Waals surface area contributed by atoms with E-state index >= 15 is 0 Å². The highest BCUT2D eigenvalue weighted by Gasteiger charge is 2.30. The van der Waals surface area contributed by atoms with Crippen LogP contribution in [0, 0.1) is 11.7 Å². The van der Waals surface area contributed by atoms with Gasteiger partial charge in [-0.1, -0.05) is 12.8 Å². The summed E-state index contributed by atoms with van der Waals surface area (Å²) in [6.45, 7) is 2.09. The van der Waals surface area contributed by atoms with Crippen molar-refractivity contribution in [3.63, 3.8) is 0 Å². The minimum atomic E-state index is -0.543. The molecule has 1 aliphatic carbocycles. The van der Waals surface area contributed by atoms with Gasteiger partial charge in [-0.2, -0.15) is 0 Å². The van der Waals surface area contributed by atoms with Crippen LogP contribution in [0.25, 0.3) is 0 Å². The Morgan fingerprint density at radius 3 is 2.29 bits per heavy atom. The zero-order chi connectivity index (χ0) is 17.1. The van der Waals surface area contributed by atoms with Gasteiger partial charge in [-0.05, 0) is 31.0 Å². The van der Waals surface area contributed by atoms with E-state index in [9.17, 15) is 14.0 Å². The summed E-state index contributed by atoms with van der Waals surface area (Å²) in [6, 6.07) is 4.24. The Kier molecular flexibility index (Phi) is 5.02. The summed E-state index contributed by atoms with van der Waals surface area (Å²) in [5, 5.41) is 0. The number of nitrogens with zero attached hydrogens (tertiary/aromatic N) is 2. The molecule has 1 heterocycles. The van der Waals surface area contributed by atoms with E-state index in [1.807, 2.05) is 4.90 Å². The second-order valence-electron chi connectivity index (χ2n) is 6.45. The van der Waals surface area contributed by atoms with Gasteiger partial charge >= 0.3 is 0 Å². The Labute approximate surface area is 141 Å². The lowest BCUT2D eigenvalue weighted by Crippen LogP contribution is -2.51. The maximum atomic E-state index is 13.8. The van der Waals surface area contributed by atoms with E-state index < -0.39 is 5.82 Å². The number of piperazine rings is 1. The fourth-order valence-electron chi connectivity index (χ4n) is 3.54. The minimum Gasteiger partial charge on any atom is -0.494 e. The van der Waals surface area contributed by atoms with E-state index in [0.29, 0.717) is 31.7 Å². The number of ether oxygens (including phenoxy) is 1. The molecule has 130 valence electrons. The Balaban J connectivity index is 1.58. The van der Waals surface area contributed by atoms with E-state index in [1.165, 1.54) is 19.2 Å². The third-order valence-electron chi connectivity index (χ3n) is 4.98. The summed E-state index contributed by atoms with van der Waals surface area (Å²) in [7, 11) is 1.39. The normalized spacial score (nSPS) is 18.8. The fourth-order valence-corrected chi connectivity index (χ4v) is 3.54. The van der Waals surface area contributed by atoms with E-state index in [1.54, 1.807) is 11.0 Å². The van der Waals surface area contributed by atoms with Crippen LogP contribution in [0.1, 0.15) is 36.0 Å². The number of halogens is 1. The summed E-state index contributed by atoms with van der Waals surface area (Å²) in [6.07, 6.45) is 4.25. The Bertz CT molecular complexity index is 621. The van der Waals surface area contributed by atoms with Crippen molar-refractivity contribution in [2.45, 2.75) is 25.7 Å². The van der Waals surface area contributed by atoms with Gasteiger partial charge in [-0.15, -0.1) is 0 Å². The Hall–Kier alpha value is -2.11. The van der Waals surface area contributed by atoms with Gasteiger partial charge in [0.15, 0.2) is 11.6 Å². The highest BCUT2D eigenvalue weighted by atomic mass is 19.1. The molecule has 0 bridgehead atoms. The SMILES string of the molecule is COc1ccc(C(=O)N2CCN(C(=O)C3CCCC3)CC2)cc1F. The second kappa shape index (κ2) is 7.20. The first-order valence-electron chi connectivity index (χ1n) is 8.51. The van der Waals surface area contributed by atoms with Gasteiger partial charge in [0.2, 0.25) is 5.91 Å². The highest BCUT2D eigenvalue weighted by molar-refractivity contribution is 5.94. The van der Waals surface area contributed by atoms with Crippen LogP contribution in [0.15, 0.2) is 18.2 Å². The van der Waals surface area contributed by atoms with Crippen molar-refractivity contribution in [2.75, 3.05) is 33.3 Å². The number of amides is 2. The quantitative estimate of drug-likeness (QED) is 0.852. The van der Waals surface area contributed by atoms with Crippen LogP contribution in [0.3, 0.4) is 0 Å². The summed E-state index contributed by atoms with van der Waals surface area (Å²) >= 11 is 0. The standard InChI is InChI=1S/C18H23FN2O3/c1-24-16-7-6-14(12-15(16)19)18(23)21-10-8-20(9-11-21)17(22)13-4-2-3-5-13/h6-7,12-13H,2-5,8-11H2,1H3. The smallest absolute Gasteiger partial charge is 0.254 e. The summed E-state index contributed by atoms with van der Waals surface area (Å²) < 4.78 is 18.6. The summed E-state index contributed by atoms with van der Waals surface area (Å²) in [5.74, 6) is -0.223. The molecule has 6 heteroatoms. The van der Waals surface area contributed by atoms with Crippen molar-refractivity contribution < 1.29 is 18.7 Å². The molecule has 1 aromatic rings. The molecule has 0 spiro atoms. The van der Waals surface area contributed by atoms with Crippen LogP contribution in [0.4, 0.5) is 4.39 Å². The first-order valence-corrected chi connectivity index (χ1v) is 8.51. The summed E-state index contributed by atoms with van der Waals surface area (Å²) in [5.41, 5.74) is 0.309. The molecule has 24 heavy (non-hydrogen) atoms. The largest absolute Gasteiger partial charge is 0.494 e. The van der Waals surface area contributed by atoms with Gasteiger partial charge in [-0.25, -0.2) is 4.39 Å². The van der Waals surface area contributed by atoms with Crippen molar-refractivity contribution in [3.05, 3.63) is 29.6 Å². The molecule has 0 unspecified atom stereocenters. The minimum absolute atomic E-state index is 0.124. The maximum absolute atomic E-state index is 13.8. The number of methoxy groups -OCH3 is 1. The van der Waals surface area contributed by atoms with E-state index in [-0.39, 0.29) is 23.5 Å². The first kappa shape index (κ1) is 16.7. The number of carbonyl (C=O) groups excluding carboxylic acids is 2. The molecule has 0 radical (unpaired) electrons. The van der Waals surface area contributed by atoms with Crippen molar-refractivity contribution in [2.24, 2.45) is 5.92 Å². The monoisotopic (exact) mass is 334 g/mol. The number of hydrogen-bond acceptors (Lipinski definition) is 3. The number of hydrogen-bond donors (Lipinski definition) is 0. The third-order valence-corrected chi connectivity index (χ3v) is 4.98. The Morgan fingerprint density at radius 1 is 1.08 bits per heavy atom. The van der Waals surface area contributed by atoms with Crippen LogP contribution in [0.2, 0.25) is 0 Å². The number of rotatable bonds is 3. The molecule has 5 nitrogen and oxygen atoms in total. The maximum Gasteiger partial charge on any atom is 0.254 e. The van der Waals surface area contributed by atoms with Gasteiger partial charge < -0.3 is 14.5 Å². The third kappa shape index (κ3) is 3.37. The second-order valence-corrected chi connectivity index (χ2v) is 6.45. The topological polar surface area (TPSA) is 49.9 Å². The lowest BCUT2D eigenvalue weighted by molar-refractivity contribution is -0.136. The zero-order valence-electron chi connectivity index (χ0n) is 14.0. The van der Waals surface area contributed by atoms with Gasteiger partial charge in [-0.3, -0.25) is 9.59 Å². The molecule has 1 aromatic carbocycles. The molecule has 2 aliphatic rings. The van der Waals surface area contributed by atoms with Gasteiger partial charge in [0.1, 0.15) is 0 Å². The average Bonchev–Trinajstić information content (AvgIpc) is 3.15. The molecule has 0 aromatic heterocycles. The lowest BCUT2D eigenvalue weighted by Gasteiger charge is -2.36. The molecule has 2 amide bonds. The molecule has 3 rings (SSSR count). The van der Waals surface area contributed by atoms with Crippen molar-refractivity contribution in [3.8, 4) is 5.75 Å². The molecule has 1 saturated carbocycles. The van der Waals surface area contributed by atoms with Crippen LogP contribution < -0.4 is 4.74 Å². The van der Waals surface area contributed by atoms with Crippen molar-refractivity contribution in [1.82, 2.24) is 9.80 Å². The van der Waals surface area contributed by atoms with Crippen LogP contribution in [-0.2, 0) is 4.79 Å². The predicted molar refractivity (Wildman–Crippen MR) is 87.4 cm³/mol. The zero-order valence-corrected chi connectivity index (χ0v) is 14.0. The number of carbonyl (C=O) groups is 2. The lowest BCUT2D eigenvalue weighted by atomic mass is 10.1. The van der Waals surface area contributed by atoms with Gasteiger partial charge in [0.05, 0.1) is 7.11 Å². The van der Waals surface area contributed by atoms with Crippen LogP contribution in [-0.4, -0.2) is 54.9 Å². The van der Waals surface area contributed by atoms with Gasteiger partial charge in [0.25, 0.3) is 5.91 Å². The molecule has 0 N–H and O–H groups in total. The number of benzene rings is 1. The molecular weight excluding hydrogens is 311 g/mol. The average molecular weight is 334 g/mol. The van der Waals surface area contributed by atoms with Crippen molar-refractivity contribution >= 4 is 11.8 Å². The molecule has 1 aliphatic heterocycles.